The van der Waals surface area contributed by atoms with E-state index in [0.717, 1.165) is 0 Å². The molecule has 0 aromatic rings. The first-order valence-corrected chi connectivity index (χ1v) is 0.408. The minimum atomic E-state index is 0. The van der Waals surface area contributed by atoms with E-state index in [-0.39, 0.29) is 57.3 Å². The van der Waals surface area contributed by atoms with E-state index in [9.17, 15) is 0 Å². The maximum absolute atomic E-state index is 8.12. The normalized spacial score (nSPS) is 2.40. The molecule has 0 aliphatic carbocycles. The van der Waals surface area contributed by atoms with Crippen molar-refractivity contribution in [3.8, 4) is 0 Å². The molecule has 0 saturated carbocycles. The predicted octanol–water partition coefficient (Wildman–Crippen LogP) is -2.32. The summed E-state index contributed by atoms with van der Waals surface area (Å²) in [5.41, 5.74) is 0. The molecular weight excluding hydrogens is 266 g/mol. The van der Waals surface area contributed by atoms with Gasteiger partial charge >= 0.3 is 29.6 Å². The number of nitrogens with one attached hydrogen (secondary N) is 1. The molecule has 0 unspecified atom stereocenters. The van der Waals surface area contributed by atoms with Crippen molar-refractivity contribution >= 4 is 29.6 Å². The Kier molecular flexibility index (Phi) is 63.3. The van der Waals surface area contributed by atoms with E-state index in [2.05, 4.69) is 0 Å². The Morgan fingerprint density at radius 2 is 1.60 bits per heavy atom. The van der Waals surface area contributed by atoms with Crippen LogP contribution in [0.1, 0.15) is 0 Å². The Morgan fingerprint density at radius 3 is 1.60 bits per heavy atom. The predicted molar refractivity (Wildman–Crippen MR) is 14.8 cm³/mol. The topological polar surface area (TPSA) is 54.1 Å². The Balaban J connectivity index is -0.0000000200. The van der Waals surface area contributed by atoms with E-state index in [0.29, 0.717) is 0 Å². The van der Waals surface area contributed by atoms with E-state index in [4.69, 9.17) is 10.1 Å². The summed E-state index contributed by atoms with van der Waals surface area (Å²) in [6, 6.07) is 0. The molecule has 0 aliphatic rings. The van der Waals surface area contributed by atoms with E-state index in [1.807, 2.05) is 0 Å². The summed E-state index contributed by atoms with van der Waals surface area (Å²) in [7, 11) is 0. The van der Waals surface area contributed by atoms with Crippen LogP contribution in [0.2, 0.25) is 0 Å². The first-order chi connectivity index (χ1) is 1.41. The van der Waals surface area contributed by atoms with Gasteiger partial charge < -0.3 is 0 Å². The van der Waals surface area contributed by atoms with Gasteiger partial charge in [-0.15, -0.1) is 0 Å². The summed E-state index contributed by atoms with van der Waals surface area (Å²) in [5, 5.41) is 8.38. The van der Waals surface area contributed by atoms with E-state index < -0.39 is 0 Å². The summed E-state index contributed by atoms with van der Waals surface area (Å²) < 4.78 is 0. The van der Waals surface area contributed by atoms with Gasteiger partial charge in [-0.25, -0.2) is 0 Å². The fourth-order valence-electron chi connectivity index (χ4n) is 0. The molecule has 0 atom stereocenters. The average Bonchev–Trinajstić information content (AvgIpc) is 0.918. The van der Waals surface area contributed by atoms with Crippen LogP contribution in [0.25, 0.3) is 0 Å². The molecule has 0 aliphatic heterocycles. The van der Waals surface area contributed by atoms with Crippen LogP contribution in [-0.2, 0) is 22.4 Å². The van der Waals surface area contributed by atoms with E-state index in [1.54, 1.807) is 0 Å². The van der Waals surface area contributed by atoms with E-state index in [1.165, 1.54) is 0 Å². The Hall–Kier alpha value is 1.14. The van der Waals surface area contributed by atoms with Crippen molar-refractivity contribution < 1.29 is 27.7 Å². The zero-order chi connectivity index (χ0) is 2.71. The van der Waals surface area contributed by atoms with Gasteiger partial charge in [0.25, 0.3) is 0 Å². The number of hydrogen-bond donors (Lipinski definition) is 1. The van der Waals surface area contributed by atoms with Gasteiger partial charge in [-0.3, -0.25) is 10.1 Å². The molecule has 0 bridgehead atoms. The zero-order valence-corrected chi connectivity index (χ0v) is 3.78. The molecule has 0 fully saturated rings. The van der Waals surface area contributed by atoms with Gasteiger partial charge in [0, 0.05) is 27.7 Å². The summed E-state index contributed by atoms with van der Waals surface area (Å²) in [5.74, 6) is 0. The molecule has 0 aromatic carbocycles. The molecule has 0 saturated heterocycles. The zero-order valence-electron chi connectivity index (χ0n) is 1.62. The van der Waals surface area contributed by atoms with Crippen LogP contribution >= 0.6 is 0 Å². The first kappa shape index (κ1) is 16.5. The second-order valence-corrected chi connectivity index (χ2v) is 0.0833. The van der Waals surface area contributed by atoms with Crippen LogP contribution in [0, 0.1) is 10.1 Å². The van der Waals surface area contributed by atoms with Crippen molar-refractivity contribution in [1.82, 2.24) is 0 Å². The summed E-state index contributed by atoms with van der Waals surface area (Å²) in [4.78, 5) is 8.12. The molecule has 0 spiro atoms. The molecule has 3 nitrogen and oxygen atoms in total. The monoisotopic (exact) mass is 268 g/mol. The van der Waals surface area contributed by atoms with Gasteiger partial charge in [0.05, 0.1) is 0 Å². The second-order valence-electron chi connectivity index (χ2n) is 0.0833. The van der Waals surface area contributed by atoms with Crippen LogP contribution in [0.15, 0.2) is 0 Å². The van der Waals surface area contributed by atoms with Crippen molar-refractivity contribution in [3.63, 3.8) is 0 Å². The van der Waals surface area contributed by atoms with Crippen LogP contribution in [0.3, 0.4) is 0 Å². The van der Waals surface area contributed by atoms with Crippen LogP contribution < -0.4 is 5.34 Å². The Labute approximate surface area is 66.9 Å². The van der Waals surface area contributed by atoms with Crippen LogP contribution in [0.5, 0.6) is 0 Å². The molecule has 1 N–H and O–H groups in total. The molecule has 1 radical (unpaired) electrons. The SMILES string of the molecule is O=[NH+][O-].[Au].[NaH]. The quantitative estimate of drug-likeness (QED) is 0.304. The third-order valence-electron chi connectivity index (χ3n) is 0. The van der Waals surface area contributed by atoms with Crippen LogP contribution in [0.4, 0.5) is 0 Å². The first-order valence-electron chi connectivity index (χ1n) is 0.408. The number of hydrogen-bond acceptors (Lipinski definition) is 2. The van der Waals surface area contributed by atoms with Gasteiger partial charge in [-0.1, -0.05) is 0 Å². The number of rotatable bonds is 0. The molecule has 0 rings (SSSR count). The third-order valence-corrected chi connectivity index (χ3v) is 0. The van der Waals surface area contributed by atoms with Crippen molar-refractivity contribution in [3.05, 3.63) is 10.1 Å². The van der Waals surface area contributed by atoms with E-state index >= 15 is 0 Å². The molecule has 31 valence electrons. The second kappa shape index (κ2) is 19.2. The molecule has 0 aromatic heterocycles. The van der Waals surface area contributed by atoms with Crippen LogP contribution in [-0.4, -0.2) is 29.6 Å². The summed E-state index contributed by atoms with van der Waals surface area (Å²) in [6.45, 7) is 0. The fourth-order valence-corrected chi connectivity index (χ4v) is 0. The van der Waals surface area contributed by atoms with Crippen molar-refractivity contribution in [2.24, 2.45) is 0 Å². The summed E-state index contributed by atoms with van der Waals surface area (Å²) >= 11 is 0. The standard InChI is InChI=1S/Au.HNO2.Na.H/c;2-1-3;;/h;1H;;. The molecule has 5 heteroatoms. The van der Waals surface area contributed by atoms with Gasteiger partial charge in [-0.05, 0) is 0 Å². The van der Waals surface area contributed by atoms with Gasteiger partial charge in [-0.2, -0.15) is 0 Å². The van der Waals surface area contributed by atoms with Gasteiger partial charge in [0.15, 0.2) is 0 Å². The van der Waals surface area contributed by atoms with Gasteiger partial charge in [0.1, 0.15) is 0 Å². The molecule has 5 heavy (non-hydrogen) atoms. The molecular formula is H2AuNNaO2. The van der Waals surface area contributed by atoms with Crippen molar-refractivity contribution in [1.29, 1.82) is 0 Å². The molecule has 0 amide bonds. The molecule has 0 heterocycles. The third kappa shape index (κ3) is 39.0. The fraction of sp³-hybridized carbons (Fsp3) is 0. The Morgan fingerprint density at radius 1 is 1.60 bits per heavy atom. The van der Waals surface area contributed by atoms with Crippen molar-refractivity contribution in [2.45, 2.75) is 0 Å². The Bertz CT molecular complexity index is 17.1. The summed E-state index contributed by atoms with van der Waals surface area (Å²) in [6.07, 6.45) is 0. The average molecular weight is 268 g/mol. The minimum absolute atomic E-state index is 0. The van der Waals surface area contributed by atoms with Crippen molar-refractivity contribution in [2.75, 3.05) is 0 Å². The maximum atomic E-state index is 8.12. The van der Waals surface area contributed by atoms with Gasteiger partial charge in [0.2, 0.25) is 0 Å².